The van der Waals surface area contributed by atoms with E-state index in [1.165, 1.54) is 32.1 Å². The van der Waals surface area contributed by atoms with Gasteiger partial charge in [-0.2, -0.15) is 0 Å². The largest absolute Gasteiger partial charge is 0.0776 e. The Bertz CT molecular complexity index is 64.1. The molecule has 0 atom stereocenters. The average molecular weight is 174 g/mol. The monoisotopic (exact) mass is 174 g/mol. The van der Waals surface area contributed by atoms with Gasteiger partial charge in [-0.3, -0.25) is 0 Å². The van der Waals surface area contributed by atoms with Gasteiger partial charge in [0.15, 0.2) is 0 Å². The van der Waals surface area contributed by atoms with Crippen LogP contribution in [-0.2, 0) is 0 Å². The van der Waals surface area contributed by atoms with Gasteiger partial charge >= 0.3 is 0 Å². The Morgan fingerprint density at radius 3 is 1.25 bits per heavy atom. The summed E-state index contributed by atoms with van der Waals surface area (Å²) in [5.74, 6) is 0. The van der Waals surface area contributed by atoms with E-state index < -0.39 is 0 Å². The van der Waals surface area contributed by atoms with Crippen molar-refractivity contribution in [1.29, 1.82) is 0 Å². The molecule has 0 unspecified atom stereocenters. The third-order valence-corrected chi connectivity index (χ3v) is 2.21. The molecule has 0 heterocycles. The first kappa shape index (κ1) is 17.9. The molecule has 0 saturated heterocycles. The molecular formula is C12H30. The number of hydrogen-bond donors (Lipinski definition) is 0. The summed E-state index contributed by atoms with van der Waals surface area (Å²) in [6.07, 6.45) is 7.31. The Labute approximate surface area is 80.8 Å². The summed E-state index contributed by atoms with van der Waals surface area (Å²) < 4.78 is 0. The highest BCUT2D eigenvalue weighted by Gasteiger charge is 2.19. The van der Waals surface area contributed by atoms with Crippen LogP contribution in [-0.4, -0.2) is 0 Å². The minimum Gasteiger partial charge on any atom is -0.0776 e. The Morgan fingerprint density at radius 2 is 1.08 bits per heavy atom. The molecule has 0 aromatic heterocycles. The van der Waals surface area contributed by atoms with Crippen LogP contribution in [0.4, 0.5) is 0 Å². The fraction of sp³-hybridized carbons (Fsp3) is 1.00. The van der Waals surface area contributed by atoms with Gasteiger partial charge in [0.25, 0.3) is 0 Å². The molecular weight excluding hydrogens is 144 g/mol. The van der Waals surface area contributed by atoms with E-state index in [9.17, 15) is 0 Å². The standard InChI is InChI=1S/C8H16.C2H6.2CH4/c1-8(2)6-4-3-5-7-8;1-2;;/h3-7H2,1-2H3;1-2H3;2*1H4. The van der Waals surface area contributed by atoms with Gasteiger partial charge in [0.2, 0.25) is 0 Å². The molecule has 0 aromatic rings. The molecule has 1 fully saturated rings. The molecule has 0 spiro atoms. The quantitative estimate of drug-likeness (QED) is 0.469. The van der Waals surface area contributed by atoms with Crippen molar-refractivity contribution in [2.75, 3.05) is 0 Å². The van der Waals surface area contributed by atoms with E-state index in [4.69, 9.17) is 0 Å². The van der Waals surface area contributed by atoms with Gasteiger partial charge in [0, 0.05) is 0 Å². The normalized spacial score (nSPS) is 19.0. The highest BCUT2D eigenvalue weighted by Crippen LogP contribution is 2.34. The van der Waals surface area contributed by atoms with Crippen LogP contribution in [0.25, 0.3) is 0 Å². The molecule has 0 aliphatic heterocycles. The van der Waals surface area contributed by atoms with Gasteiger partial charge in [-0.15, -0.1) is 0 Å². The van der Waals surface area contributed by atoms with Gasteiger partial charge in [0.1, 0.15) is 0 Å². The van der Waals surface area contributed by atoms with Crippen LogP contribution in [0.15, 0.2) is 0 Å². The van der Waals surface area contributed by atoms with Crippen LogP contribution in [0.1, 0.15) is 74.7 Å². The number of hydrogen-bond acceptors (Lipinski definition) is 0. The summed E-state index contributed by atoms with van der Waals surface area (Å²) in [6.45, 7) is 8.76. The maximum Gasteiger partial charge on any atom is -0.0354 e. The molecule has 1 rings (SSSR count). The summed E-state index contributed by atoms with van der Waals surface area (Å²) in [5, 5.41) is 0. The Kier molecular flexibility index (Phi) is 13.6. The Balaban J connectivity index is -0.000000189. The lowest BCUT2D eigenvalue weighted by Gasteiger charge is -2.28. The summed E-state index contributed by atoms with van der Waals surface area (Å²) in [4.78, 5) is 0. The predicted molar refractivity (Wildman–Crippen MR) is 61.7 cm³/mol. The highest BCUT2D eigenvalue weighted by molar-refractivity contribution is 4.72. The molecule has 0 heteroatoms. The molecule has 0 N–H and O–H groups in total. The second-order valence-corrected chi connectivity index (χ2v) is 3.72. The molecule has 0 amide bonds. The lowest BCUT2D eigenvalue weighted by Crippen LogP contribution is -2.14. The lowest BCUT2D eigenvalue weighted by atomic mass is 9.78. The van der Waals surface area contributed by atoms with Gasteiger partial charge in [-0.1, -0.05) is 61.8 Å². The SMILES string of the molecule is C.C.CC.CC1(C)CCCCC1. The summed E-state index contributed by atoms with van der Waals surface area (Å²) >= 11 is 0. The van der Waals surface area contributed by atoms with Gasteiger partial charge in [-0.25, -0.2) is 0 Å². The van der Waals surface area contributed by atoms with Crippen molar-refractivity contribution in [3.8, 4) is 0 Å². The van der Waals surface area contributed by atoms with Crippen molar-refractivity contribution < 1.29 is 0 Å². The van der Waals surface area contributed by atoms with E-state index >= 15 is 0 Å². The van der Waals surface area contributed by atoms with E-state index in [2.05, 4.69) is 13.8 Å². The predicted octanol–water partition coefficient (Wildman–Crippen LogP) is 5.28. The van der Waals surface area contributed by atoms with Crippen molar-refractivity contribution in [2.45, 2.75) is 74.7 Å². The zero-order valence-electron chi connectivity index (χ0n) is 8.04. The van der Waals surface area contributed by atoms with Gasteiger partial charge in [0.05, 0.1) is 0 Å². The molecule has 12 heavy (non-hydrogen) atoms. The second kappa shape index (κ2) is 9.09. The van der Waals surface area contributed by atoms with Crippen LogP contribution >= 0.6 is 0 Å². The molecule has 1 saturated carbocycles. The van der Waals surface area contributed by atoms with Gasteiger partial charge in [-0.05, 0) is 18.3 Å². The Morgan fingerprint density at radius 1 is 0.750 bits per heavy atom. The van der Waals surface area contributed by atoms with E-state index in [1.54, 1.807) is 0 Å². The van der Waals surface area contributed by atoms with Crippen molar-refractivity contribution in [3.63, 3.8) is 0 Å². The topological polar surface area (TPSA) is 0 Å². The smallest absolute Gasteiger partial charge is 0.0354 e. The van der Waals surface area contributed by atoms with Crippen molar-refractivity contribution in [1.82, 2.24) is 0 Å². The third kappa shape index (κ3) is 8.10. The van der Waals surface area contributed by atoms with Crippen LogP contribution in [0.3, 0.4) is 0 Å². The lowest BCUT2D eigenvalue weighted by molar-refractivity contribution is 0.244. The first-order valence-corrected chi connectivity index (χ1v) is 4.71. The molecule has 0 radical (unpaired) electrons. The molecule has 1 aliphatic carbocycles. The first-order chi connectivity index (χ1) is 4.71. The summed E-state index contributed by atoms with van der Waals surface area (Å²) in [5.41, 5.74) is 0.679. The third-order valence-electron chi connectivity index (χ3n) is 2.21. The molecule has 0 nitrogen and oxygen atoms in total. The molecule has 78 valence electrons. The molecule has 0 bridgehead atoms. The fourth-order valence-corrected chi connectivity index (χ4v) is 1.51. The van der Waals surface area contributed by atoms with Crippen molar-refractivity contribution >= 4 is 0 Å². The van der Waals surface area contributed by atoms with Crippen LogP contribution < -0.4 is 0 Å². The van der Waals surface area contributed by atoms with Gasteiger partial charge < -0.3 is 0 Å². The Hall–Kier alpha value is 0. The average Bonchev–Trinajstić information content (AvgIpc) is 1.92. The van der Waals surface area contributed by atoms with Crippen molar-refractivity contribution in [3.05, 3.63) is 0 Å². The fourth-order valence-electron chi connectivity index (χ4n) is 1.51. The zero-order chi connectivity index (χ0) is 8.04. The van der Waals surface area contributed by atoms with E-state index in [1.807, 2.05) is 13.8 Å². The molecule has 1 aliphatic rings. The van der Waals surface area contributed by atoms with E-state index in [0.29, 0.717) is 5.41 Å². The van der Waals surface area contributed by atoms with Crippen LogP contribution in [0.5, 0.6) is 0 Å². The maximum absolute atomic E-state index is 2.38. The summed E-state index contributed by atoms with van der Waals surface area (Å²) in [6, 6.07) is 0. The zero-order valence-corrected chi connectivity index (χ0v) is 8.04. The van der Waals surface area contributed by atoms with Crippen LogP contribution in [0, 0.1) is 5.41 Å². The van der Waals surface area contributed by atoms with E-state index in [0.717, 1.165) is 0 Å². The number of rotatable bonds is 0. The maximum atomic E-state index is 2.38. The second-order valence-electron chi connectivity index (χ2n) is 3.72. The van der Waals surface area contributed by atoms with E-state index in [-0.39, 0.29) is 14.9 Å². The summed E-state index contributed by atoms with van der Waals surface area (Å²) in [7, 11) is 0. The minimum atomic E-state index is 0. The highest BCUT2D eigenvalue weighted by atomic mass is 14.3. The first-order valence-electron chi connectivity index (χ1n) is 4.71. The minimum absolute atomic E-state index is 0. The molecule has 0 aromatic carbocycles. The van der Waals surface area contributed by atoms with Crippen LogP contribution in [0.2, 0.25) is 0 Å². The van der Waals surface area contributed by atoms with Crippen molar-refractivity contribution in [2.24, 2.45) is 5.41 Å².